The summed E-state index contributed by atoms with van der Waals surface area (Å²) in [7, 11) is 0. The van der Waals surface area contributed by atoms with Gasteiger partial charge in [0.25, 0.3) is 0 Å². The fourth-order valence-electron chi connectivity index (χ4n) is 7.00. The van der Waals surface area contributed by atoms with Crippen molar-refractivity contribution in [3.05, 3.63) is 188 Å². The molecule has 1 aromatic heterocycles. The molecule has 0 saturated heterocycles. The van der Waals surface area contributed by atoms with Gasteiger partial charge in [-0.15, -0.1) is 0 Å². The molecular weight excluding hydrogens is 583 g/mol. The fraction of sp³-hybridized carbons (Fsp3) is 0. The van der Waals surface area contributed by atoms with Gasteiger partial charge in [-0.1, -0.05) is 146 Å². The highest BCUT2D eigenvalue weighted by Crippen LogP contribution is 2.43. The van der Waals surface area contributed by atoms with Gasteiger partial charge in [-0.3, -0.25) is 0 Å². The first kappa shape index (κ1) is 27.9. The maximum Gasteiger partial charge on any atom is 0.143 e. The van der Waals surface area contributed by atoms with Crippen LogP contribution in [0, 0.1) is 0 Å². The summed E-state index contributed by atoms with van der Waals surface area (Å²) < 4.78 is 6.62. The van der Waals surface area contributed by atoms with E-state index in [1.807, 2.05) is 6.07 Å². The van der Waals surface area contributed by atoms with Crippen LogP contribution in [0.2, 0.25) is 0 Å². The van der Waals surface area contributed by atoms with E-state index >= 15 is 0 Å². The number of furan rings is 1. The molecule has 0 aliphatic carbocycles. The Morgan fingerprint density at radius 1 is 0.333 bits per heavy atom. The molecule has 0 bridgehead atoms. The SMILES string of the molecule is c1ccc(-c2ccc(N(c3ccccc3)c3ccc(-c4cccc5ccc6oc7c(-c8ccccc8)cccc7c6c45)cc3)cc2)cc1. The summed E-state index contributed by atoms with van der Waals surface area (Å²) >= 11 is 0. The van der Waals surface area contributed by atoms with Gasteiger partial charge in [0.05, 0.1) is 0 Å². The number of fused-ring (bicyclic) bond motifs is 5. The Balaban J connectivity index is 1.16. The van der Waals surface area contributed by atoms with Gasteiger partial charge in [-0.05, 0) is 75.7 Å². The van der Waals surface area contributed by atoms with Crippen LogP contribution in [0.25, 0.3) is 66.1 Å². The minimum absolute atomic E-state index is 0.902. The summed E-state index contributed by atoms with van der Waals surface area (Å²) in [6.07, 6.45) is 0. The molecule has 8 aromatic carbocycles. The number of para-hydroxylation sites is 2. The third-order valence-corrected chi connectivity index (χ3v) is 9.27. The summed E-state index contributed by atoms with van der Waals surface area (Å²) in [5.41, 5.74) is 12.2. The Bertz CT molecular complexity index is 2520. The van der Waals surface area contributed by atoms with Crippen molar-refractivity contribution in [2.75, 3.05) is 4.90 Å². The van der Waals surface area contributed by atoms with Crippen LogP contribution in [0.3, 0.4) is 0 Å². The van der Waals surface area contributed by atoms with Crippen LogP contribution in [0.15, 0.2) is 192 Å². The normalized spacial score (nSPS) is 11.3. The molecule has 1 heterocycles. The second kappa shape index (κ2) is 11.8. The monoisotopic (exact) mass is 613 g/mol. The lowest BCUT2D eigenvalue weighted by Gasteiger charge is -2.26. The van der Waals surface area contributed by atoms with Crippen LogP contribution in [0.5, 0.6) is 0 Å². The van der Waals surface area contributed by atoms with E-state index in [1.165, 1.54) is 27.5 Å². The Labute approximate surface area is 279 Å². The van der Waals surface area contributed by atoms with Crippen molar-refractivity contribution in [2.24, 2.45) is 0 Å². The minimum atomic E-state index is 0.902. The van der Waals surface area contributed by atoms with Gasteiger partial charge in [-0.25, -0.2) is 0 Å². The zero-order chi connectivity index (χ0) is 31.9. The predicted octanol–water partition coefficient (Wildman–Crippen LogP) is 13.2. The molecule has 226 valence electrons. The summed E-state index contributed by atoms with van der Waals surface area (Å²) in [5, 5.41) is 4.70. The van der Waals surface area contributed by atoms with Crippen molar-refractivity contribution in [3.63, 3.8) is 0 Å². The first-order valence-electron chi connectivity index (χ1n) is 16.4. The Hall–Kier alpha value is -6.38. The number of benzene rings is 8. The molecule has 9 aromatic rings. The zero-order valence-corrected chi connectivity index (χ0v) is 26.3. The van der Waals surface area contributed by atoms with E-state index in [-0.39, 0.29) is 0 Å². The molecule has 2 nitrogen and oxygen atoms in total. The largest absolute Gasteiger partial charge is 0.455 e. The highest BCUT2D eigenvalue weighted by molar-refractivity contribution is 6.24. The quantitative estimate of drug-likeness (QED) is 0.185. The molecule has 0 radical (unpaired) electrons. The third-order valence-electron chi connectivity index (χ3n) is 9.27. The molecule has 0 N–H and O–H groups in total. The van der Waals surface area contributed by atoms with Crippen LogP contribution in [-0.2, 0) is 0 Å². The van der Waals surface area contributed by atoms with Gasteiger partial charge >= 0.3 is 0 Å². The average molecular weight is 614 g/mol. The lowest BCUT2D eigenvalue weighted by atomic mass is 9.93. The average Bonchev–Trinajstić information content (AvgIpc) is 3.56. The first-order chi connectivity index (χ1) is 23.8. The molecule has 9 rings (SSSR count). The second-order valence-electron chi connectivity index (χ2n) is 12.1. The van der Waals surface area contributed by atoms with Gasteiger partial charge in [-0.2, -0.15) is 0 Å². The molecule has 0 atom stereocenters. The van der Waals surface area contributed by atoms with Crippen molar-refractivity contribution in [3.8, 4) is 33.4 Å². The van der Waals surface area contributed by atoms with Crippen LogP contribution < -0.4 is 4.90 Å². The predicted molar refractivity (Wildman–Crippen MR) is 202 cm³/mol. The van der Waals surface area contributed by atoms with Gasteiger partial charge in [0, 0.05) is 38.8 Å². The minimum Gasteiger partial charge on any atom is -0.455 e. The van der Waals surface area contributed by atoms with E-state index in [2.05, 4.69) is 187 Å². The van der Waals surface area contributed by atoms with Crippen molar-refractivity contribution >= 4 is 49.8 Å². The highest BCUT2D eigenvalue weighted by atomic mass is 16.3. The number of hydrogen-bond donors (Lipinski definition) is 0. The topological polar surface area (TPSA) is 16.4 Å². The van der Waals surface area contributed by atoms with E-state index in [0.717, 1.165) is 55.7 Å². The van der Waals surface area contributed by atoms with Gasteiger partial charge < -0.3 is 9.32 Å². The molecule has 0 aliphatic heterocycles. The van der Waals surface area contributed by atoms with E-state index in [0.29, 0.717) is 0 Å². The third kappa shape index (κ3) is 4.83. The summed E-state index contributed by atoms with van der Waals surface area (Å²) in [5.74, 6) is 0. The standard InChI is InChI=1S/C46H31NO/c1-4-12-32(13-5-1)33-22-27-38(28-23-33)47(37-17-8-3-9-18-37)39-29-24-35(25-30-39)40-19-10-16-36-26-31-43-45(44(36)40)42-21-11-20-41(46(42)48-43)34-14-6-2-7-15-34/h1-31H. The Morgan fingerprint density at radius 3 is 1.54 bits per heavy atom. The molecule has 0 spiro atoms. The van der Waals surface area contributed by atoms with Crippen molar-refractivity contribution in [1.82, 2.24) is 0 Å². The number of anilines is 3. The van der Waals surface area contributed by atoms with Crippen LogP contribution in [0.4, 0.5) is 17.1 Å². The highest BCUT2D eigenvalue weighted by Gasteiger charge is 2.18. The molecule has 48 heavy (non-hydrogen) atoms. The smallest absolute Gasteiger partial charge is 0.143 e. The summed E-state index contributed by atoms with van der Waals surface area (Å²) in [6.45, 7) is 0. The van der Waals surface area contributed by atoms with Gasteiger partial charge in [0.2, 0.25) is 0 Å². The Kier molecular flexibility index (Phi) is 6.84. The second-order valence-corrected chi connectivity index (χ2v) is 12.1. The lowest BCUT2D eigenvalue weighted by Crippen LogP contribution is -2.09. The van der Waals surface area contributed by atoms with Crippen molar-refractivity contribution in [1.29, 1.82) is 0 Å². The van der Waals surface area contributed by atoms with Crippen LogP contribution in [-0.4, -0.2) is 0 Å². The summed E-state index contributed by atoms with van der Waals surface area (Å²) in [6, 6.07) is 66.7. The van der Waals surface area contributed by atoms with E-state index < -0.39 is 0 Å². The maximum atomic E-state index is 6.62. The molecule has 0 unspecified atom stereocenters. The molecule has 0 fully saturated rings. The van der Waals surface area contributed by atoms with Gasteiger partial charge in [0.15, 0.2) is 0 Å². The van der Waals surface area contributed by atoms with E-state index in [1.54, 1.807) is 0 Å². The molecule has 0 saturated carbocycles. The molecule has 0 aliphatic rings. The Morgan fingerprint density at radius 2 is 0.854 bits per heavy atom. The number of nitrogens with zero attached hydrogens (tertiary/aromatic N) is 1. The number of rotatable bonds is 6. The summed E-state index contributed by atoms with van der Waals surface area (Å²) in [4.78, 5) is 2.31. The zero-order valence-electron chi connectivity index (χ0n) is 26.3. The van der Waals surface area contributed by atoms with Crippen LogP contribution in [0.1, 0.15) is 0 Å². The van der Waals surface area contributed by atoms with Gasteiger partial charge in [0.1, 0.15) is 11.2 Å². The molecule has 0 amide bonds. The van der Waals surface area contributed by atoms with Crippen LogP contribution >= 0.6 is 0 Å². The van der Waals surface area contributed by atoms with Crippen molar-refractivity contribution < 1.29 is 4.42 Å². The van der Waals surface area contributed by atoms with E-state index in [4.69, 9.17) is 4.42 Å². The molecular formula is C46H31NO. The van der Waals surface area contributed by atoms with E-state index in [9.17, 15) is 0 Å². The molecule has 2 heteroatoms. The number of hydrogen-bond acceptors (Lipinski definition) is 2. The fourth-order valence-corrected chi connectivity index (χ4v) is 7.00. The maximum absolute atomic E-state index is 6.62. The van der Waals surface area contributed by atoms with Crippen molar-refractivity contribution in [2.45, 2.75) is 0 Å². The lowest BCUT2D eigenvalue weighted by molar-refractivity contribution is 0.670. The first-order valence-corrected chi connectivity index (χ1v) is 16.4.